The van der Waals surface area contributed by atoms with E-state index in [1.165, 1.54) is 25.7 Å². The van der Waals surface area contributed by atoms with Crippen LogP contribution in [0.15, 0.2) is 23.1 Å². The maximum Gasteiger partial charge on any atom is 0.240 e. The summed E-state index contributed by atoms with van der Waals surface area (Å²) >= 11 is 0. The van der Waals surface area contributed by atoms with Crippen molar-refractivity contribution in [3.8, 4) is 5.75 Å². The number of aliphatic hydroxyl groups excluding tert-OH is 1. The normalized spacial score (nSPS) is 17.3. The van der Waals surface area contributed by atoms with Crippen molar-refractivity contribution in [2.24, 2.45) is 5.41 Å². The lowest BCUT2D eigenvalue weighted by atomic mass is 9.67. The Bertz CT molecular complexity index is 588. The number of sulfonamides is 1. The second-order valence-electron chi connectivity index (χ2n) is 5.66. The average molecular weight is 313 g/mol. The van der Waals surface area contributed by atoms with E-state index in [2.05, 4.69) is 11.6 Å². The Morgan fingerprint density at radius 3 is 2.57 bits per heavy atom. The number of methoxy groups -OCH3 is 1. The molecular formula is C15H23NO4S. The SMILES string of the molecule is CCC1(CNS(=O)(=O)c2ccc(OC)c(CO)c2)CCC1. The van der Waals surface area contributed by atoms with Crippen molar-refractivity contribution in [1.82, 2.24) is 4.72 Å². The van der Waals surface area contributed by atoms with E-state index < -0.39 is 10.0 Å². The van der Waals surface area contributed by atoms with Gasteiger partial charge in [0.15, 0.2) is 0 Å². The molecule has 1 aromatic carbocycles. The molecule has 0 radical (unpaired) electrons. The van der Waals surface area contributed by atoms with Crippen LogP contribution in [-0.2, 0) is 16.6 Å². The number of hydrogen-bond acceptors (Lipinski definition) is 4. The fraction of sp³-hybridized carbons (Fsp3) is 0.600. The first-order valence-electron chi connectivity index (χ1n) is 7.24. The zero-order valence-electron chi connectivity index (χ0n) is 12.6. The van der Waals surface area contributed by atoms with Crippen LogP contribution < -0.4 is 9.46 Å². The smallest absolute Gasteiger partial charge is 0.240 e. The molecule has 0 spiro atoms. The molecule has 1 aromatic rings. The first-order valence-corrected chi connectivity index (χ1v) is 8.72. The lowest BCUT2D eigenvalue weighted by Gasteiger charge is -2.41. The summed E-state index contributed by atoms with van der Waals surface area (Å²) in [6.07, 6.45) is 4.32. The van der Waals surface area contributed by atoms with E-state index in [4.69, 9.17) is 4.74 Å². The highest BCUT2D eigenvalue weighted by Gasteiger charge is 2.36. The van der Waals surface area contributed by atoms with Gasteiger partial charge in [0.1, 0.15) is 5.75 Å². The maximum absolute atomic E-state index is 12.4. The van der Waals surface area contributed by atoms with Gasteiger partial charge in [-0.1, -0.05) is 13.3 Å². The molecule has 1 saturated carbocycles. The molecular weight excluding hydrogens is 290 g/mol. The molecule has 0 atom stereocenters. The molecule has 0 bridgehead atoms. The van der Waals surface area contributed by atoms with Crippen LogP contribution in [0.25, 0.3) is 0 Å². The zero-order valence-corrected chi connectivity index (χ0v) is 13.4. The predicted octanol–water partition coefficient (Wildman–Crippen LogP) is 2.05. The highest BCUT2D eigenvalue weighted by molar-refractivity contribution is 7.89. The number of hydrogen-bond donors (Lipinski definition) is 2. The van der Waals surface area contributed by atoms with E-state index in [9.17, 15) is 13.5 Å². The van der Waals surface area contributed by atoms with Gasteiger partial charge in [0, 0.05) is 12.1 Å². The van der Waals surface area contributed by atoms with E-state index in [1.54, 1.807) is 6.07 Å². The van der Waals surface area contributed by atoms with Crippen molar-refractivity contribution < 1.29 is 18.3 Å². The molecule has 0 saturated heterocycles. The fourth-order valence-corrected chi connectivity index (χ4v) is 3.92. The van der Waals surface area contributed by atoms with Crippen molar-refractivity contribution in [3.05, 3.63) is 23.8 Å². The first kappa shape index (κ1) is 16.3. The molecule has 2 rings (SSSR count). The van der Waals surface area contributed by atoms with E-state index >= 15 is 0 Å². The number of rotatable bonds is 7. The molecule has 0 aliphatic heterocycles. The third-order valence-electron chi connectivity index (χ3n) is 4.53. The molecule has 1 aliphatic rings. The van der Waals surface area contributed by atoms with Crippen LogP contribution in [0, 0.1) is 5.41 Å². The second kappa shape index (κ2) is 6.34. The molecule has 0 aromatic heterocycles. The lowest BCUT2D eigenvalue weighted by molar-refractivity contribution is 0.133. The molecule has 5 nitrogen and oxygen atoms in total. The van der Waals surface area contributed by atoms with Gasteiger partial charge in [0.25, 0.3) is 0 Å². The number of ether oxygens (including phenoxy) is 1. The largest absolute Gasteiger partial charge is 0.496 e. The Kier molecular flexibility index (Phi) is 4.91. The minimum atomic E-state index is -3.55. The van der Waals surface area contributed by atoms with Crippen LogP contribution in [0.4, 0.5) is 0 Å². The summed E-state index contributed by atoms with van der Waals surface area (Å²) in [4.78, 5) is 0.165. The van der Waals surface area contributed by atoms with Gasteiger partial charge in [-0.15, -0.1) is 0 Å². The third kappa shape index (κ3) is 3.39. The summed E-state index contributed by atoms with van der Waals surface area (Å²) in [7, 11) is -2.07. The average Bonchev–Trinajstić information content (AvgIpc) is 2.45. The van der Waals surface area contributed by atoms with E-state index in [-0.39, 0.29) is 16.9 Å². The highest BCUT2D eigenvalue weighted by Crippen LogP contribution is 2.43. The van der Waals surface area contributed by atoms with Crippen LogP contribution in [0.2, 0.25) is 0 Å². The molecule has 0 heterocycles. The molecule has 118 valence electrons. The quantitative estimate of drug-likeness (QED) is 0.808. The Balaban J connectivity index is 2.15. The molecule has 2 N–H and O–H groups in total. The number of nitrogens with one attached hydrogen (secondary N) is 1. The Labute approximate surface area is 126 Å². The van der Waals surface area contributed by atoms with Crippen molar-refractivity contribution in [1.29, 1.82) is 0 Å². The monoisotopic (exact) mass is 313 g/mol. The Hall–Kier alpha value is -1.11. The fourth-order valence-electron chi connectivity index (χ4n) is 2.71. The van der Waals surface area contributed by atoms with E-state index in [0.717, 1.165) is 19.3 Å². The Morgan fingerprint density at radius 2 is 2.10 bits per heavy atom. The lowest BCUT2D eigenvalue weighted by Crippen LogP contribution is -2.41. The maximum atomic E-state index is 12.4. The summed E-state index contributed by atoms with van der Waals surface area (Å²) < 4.78 is 32.5. The van der Waals surface area contributed by atoms with Crippen LogP contribution in [0.1, 0.15) is 38.2 Å². The molecule has 0 amide bonds. The summed E-state index contributed by atoms with van der Waals surface area (Å²) in [5.74, 6) is 0.487. The first-order chi connectivity index (χ1) is 9.96. The van der Waals surface area contributed by atoms with Crippen molar-refractivity contribution in [2.45, 2.75) is 44.1 Å². The molecule has 6 heteroatoms. The summed E-state index contributed by atoms with van der Waals surface area (Å²) in [5.41, 5.74) is 0.591. The van der Waals surface area contributed by atoms with Crippen LogP contribution in [0.5, 0.6) is 5.75 Å². The third-order valence-corrected chi connectivity index (χ3v) is 5.93. The minimum Gasteiger partial charge on any atom is -0.496 e. The van der Waals surface area contributed by atoms with Crippen LogP contribution >= 0.6 is 0 Å². The van der Waals surface area contributed by atoms with Gasteiger partial charge in [0.05, 0.1) is 18.6 Å². The number of benzene rings is 1. The molecule has 1 aliphatic carbocycles. The van der Waals surface area contributed by atoms with Crippen molar-refractivity contribution in [3.63, 3.8) is 0 Å². The van der Waals surface area contributed by atoms with Gasteiger partial charge in [-0.2, -0.15) is 0 Å². The molecule has 21 heavy (non-hydrogen) atoms. The molecule has 0 unspecified atom stereocenters. The summed E-state index contributed by atoms with van der Waals surface area (Å²) in [6, 6.07) is 4.53. The highest BCUT2D eigenvalue weighted by atomic mass is 32.2. The second-order valence-corrected chi connectivity index (χ2v) is 7.43. The van der Waals surface area contributed by atoms with Gasteiger partial charge in [0.2, 0.25) is 10.0 Å². The standard InChI is InChI=1S/C15H23NO4S/c1-3-15(7-4-8-15)11-16-21(18,19)13-5-6-14(20-2)12(9-13)10-17/h5-6,9,16-17H,3-4,7-8,10-11H2,1-2H3. The molecule has 1 fully saturated rings. The van der Waals surface area contributed by atoms with Gasteiger partial charge in [-0.05, 0) is 42.9 Å². The van der Waals surface area contributed by atoms with Crippen molar-refractivity contribution in [2.75, 3.05) is 13.7 Å². The zero-order chi connectivity index (χ0) is 15.5. The van der Waals surface area contributed by atoms with Gasteiger partial charge < -0.3 is 9.84 Å². The topological polar surface area (TPSA) is 75.6 Å². The van der Waals surface area contributed by atoms with Crippen LogP contribution in [0.3, 0.4) is 0 Å². The number of aliphatic hydroxyl groups is 1. The van der Waals surface area contributed by atoms with Crippen LogP contribution in [-0.4, -0.2) is 27.2 Å². The summed E-state index contributed by atoms with van der Waals surface area (Å²) in [5, 5.41) is 9.29. The summed E-state index contributed by atoms with van der Waals surface area (Å²) in [6.45, 7) is 2.32. The van der Waals surface area contributed by atoms with E-state index in [1.807, 2.05) is 0 Å². The van der Waals surface area contributed by atoms with Gasteiger partial charge >= 0.3 is 0 Å². The van der Waals surface area contributed by atoms with E-state index in [0.29, 0.717) is 17.9 Å². The van der Waals surface area contributed by atoms with Crippen molar-refractivity contribution >= 4 is 10.0 Å². The Morgan fingerprint density at radius 1 is 1.38 bits per heavy atom. The minimum absolute atomic E-state index is 0.124. The van der Waals surface area contributed by atoms with Gasteiger partial charge in [-0.25, -0.2) is 13.1 Å². The van der Waals surface area contributed by atoms with Gasteiger partial charge in [-0.3, -0.25) is 0 Å². The predicted molar refractivity (Wildman–Crippen MR) is 80.7 cm³/mol.